The van der Waals surface area contributed by atoms with E-state index in [4.69, 9.17) is 5.73 Å². The number of carbonyl (C=O) groups is 1. The average molecular weight is 252 g/mol. The fraction of sp³-hybridized carbons (Fsp3) is 0.308. The van der Waals surface area contributed by atoms with Crippen molar-refractivity contribution >= 4 is 12.0 Å². The molecule has 1 aliphatic heterocycles. The van der Waals surface area contributed by atoms with Crippen molar-refractivity contribution in [1.82, 2.24) is 5.32 Å². The number of piperidine rings is 1. The van der Waals surface area contributed by atoms with Gasteiger partial charge in [0.15, 0.2) is 0 Å². The van der Waals surface area contributed by atoms with E-state index in [0.29, 0.717) is 5.56 Å². The van der Waals surface area contributed by atoms with Gasteiger partial charge < -0.3 is 11.1 Å². The number of benzene rings is 1. The Bertz CT molecular complexity index is 481. The molecule has 0 aromatic heterocycles. The van der Waals surface area contributed by atoms with Crippen molar-refractivity contribution in [3.63, 3.8) is 0 Å². The van der Waals surface area contributed by atoms with Crippen LogP contribution in [0.15, 0.2) is 17.7 Å². The molecule has 3 N–H and O–H groups in total. The van der Waals surface area contributed by atoms with Crippen LogP contribution in [0, 0.1) is 11.6 Å². The molecule has 0 unspecified atom stereocenters. The molecular weight excluding hydrogens is 238 g/mol. The molecule has 0 radical (unpaired) electrons. The number of amides is 1. The smallest absolute Gasteiger partial charge is 0.254 e. The molecule has 0 bridgehead atoms. The third-order valence-corrected chi connectivity index (χ3v) is 2.93. The van der Waals surface area contributed by atoms with Crippen molar-refractivity contribution in [2.75, 3.05) is 13.1 Å². The summed E-state index contributed by atoms with van der Waals surface area (Å²) in [5, 5.41) is 3.20. The van der Waals surface area contributed by atoms with Gasteiger partial charge in [0, 0.05) is 0 Å². The van der Waals surface area contributed by atoms with Gasteiger partial charge >= 0.3 is 0 Å². The maximum atomic E-state index is 13.5. The summed E-state index contributed by atoms with van der Waals surface area (Å²) < 4.78 is 27.1. The van der Waals surface area contributed by atoms with E-state index in [2.05, 4.69) is 5.32 Å². The quantitative estimate of drug-likeness (QED) is 0.843. The van der Waals surface area contributed by atoms with E-state index < -0.39 is 23.1 Å². The highest BCUT2D eigenvalue weighted by Gasteiger charge is 2.15. The number of nitrogens with one attached hydrogen (secondary N) is 1. The van der Waals surface area contributed by atoms with Crippen LogP contribution in [0.1, 0.15) is 28.8 Å². The third kappa shape index (κ3) is 2.73. The Hall–Kier alpha value is -1.75. The van der Waals surface area contributed by atoms with Crippen molar-refractivity contribution in [3.8, 4) is 0 Å². The van der Waals surface area contributed by atoms with Gasteiger partial charge in [0.05, 0.1) is 0 Å². The summed E-state index contributed by atoms with van der Waals surface area (Å²) in [6.07, 6.45) is 3.49. The number of rotatable bonds is 2. The lowest BCUT2D eigenvalue weighted by molar-refractivity contribution is 0.0992. The monoisotopic (exact) mass is 252 g/mol. The molecule has 1 saturated heterocycles. The topological polar surface area (TPSA) is 55.1 Å². The first-order valence-electron chi connectivity index (χ1n) is 5.77. The van der Waals surface area contributed by atoms with Crippen LogP contribution >= 0.6 is 0 Å². The largest absolute Gasteiger partial charge is 0.365 e. The third-order valence-electron chi connectivity index (χ3n) is 2.93. The molecule has 0 spiro atoms. The van der Waals surface area contributed by atoms with Gasteiger partial charge in [0.1, 0.15) is 17.2 Å². The van der Waals surface area contributed by atoms with E-state index >= 15 is 0 Å². The fourth-order valence-electron chi connectivity index (χ4n) is 2.04. The molecule has 1 amide bonds. The minimum atomic E-state index is -1.09. The summed E-state index contributed by atoms with van der Waals surface area (Å²) in [6.45, 7) is 1.74. The van der Waals surface area contributed by atoms with Gasteiger partial charge in [-0.25, -0.2) is 8.78 Å². The second-order valence-electron chi connectivity index (χ2n) is 4.28. The molecule has 3 nitrogen and oxygen atoms in total. The van der Waals surface area contributed by atoms with Gasteiger partial charge in [-0.2, -0.15) is 0 Å². The Balaban J connectivity index is 2.33. The Kier molecular flexibility index (Phi) is 3.72. The summed E-state index contributed by atoms with van der Waals surface area (Å²) >= 11 is 0. The normalized spacial score (nSPS) is 15.6. The van der Waals surface area contributed by atoms with Crippen molar-refractivity contribution in [2.24, 2.45) is 5.73 Å². The van der Waals surface area contributed by atoms with Crippen LogP contribution in [0.4, 0.5) is 8.78 Å². The van der Waals surface area contributed by atoms with Crippen LogP contribution in [0.5, 0.6) is 0 Å². The maximum absolute atomic E-state index is 13.5. The highest BCUT2D eigenvalue weighted by molar-refractivity contribution is 5.93. The van der Waals surface area contributed by atoms with Crippen LogP contribution in [-0.2, 0) is 0 Å². The van der Waals surface area contributed by atoms with Crippen LogP contribution in [0.3, 0.4) is 0 Å². The molecule has 1 aliphatic rings. The molecule has 5 heteroatoms. The molecule has 1 aromatic rings. The molecule has 18 heavy (non-hydrogen) atoms. The minimum Gasteiger partial charge on any atom is -0.365 e. The Morgan fingerprint density at radius 2 is 1.78 bits per heavy atom. The van der Waals surface area contributed by atoms with Crippen LogP contribution in [0.25, 0.3) is 6.08 Å². The molecule has 96 valence electrons. The zero-order chi connectivity index (χ0) is 13.1. The van der Waals surface area contributed by atoms with Crippen molar-refractivity contribution in [3.05, 3.63) is 40.5 Å². The molecule has 1 fully saturated rings. The summed E-state index contributed by atoms with van der Waals surface area (Å²) in [7, 11) is 0. The summed E-state index contributed by atoms with van der Waals surface area (Å²) in [4.78, 5) is 10.9. The predicted octanol–water partition coefficient (Wildman–Crippen LogP) is 1.83. The van der Waals surface area contributed by atoms with E-state index in [1.54, 1.807) is 6.08 Å². The number of nitrogens with two attached hydrogens (primary N) is 1. The van der Waals surface area contributed by atoms with Gasteiger partial charge in [-0.1, -0.05) is 11.6 Å². The zero-order valence-electron chi connectivity index (χ0n) is 9.80. The van der Waals surface area contributed by atoms with E-state index in [-0.39, 0.29) is 0 Å². The van der Waals surface area contributed by atoms with Crippen LogP contribution < -0.4 is 11.1 Å². The first kappa shape index (κ1) is 12.7. The number of carbonyl (C=O) groups excluding carboxylic acids is 1. The highest BCUT2D eigenvalue weighted by atomic mass is 19.1. The van der Waals surface area contributed by atoms with Gasteiger partial charge in [-0.15, -0.1) is 0 Å². The van der Waals surface area contributed by atoms with Crippen LogP contribution in [-0.4, -0.2) is 19.0 Å². The molecule has 1 heterocycles. The Morgan fingerprint density at radius 1 is 1.22 bits per heavy atom. The maximum Gasteiger partial charge on any atom is 0.254 e. The van der Waals surface area contributed by atoms with E-state index in [1.165, 1.54) is 0 Å². The standard InChI is InChI=1S/C13H14F2N2O/c14-10-6-9(5-8-1-3-17-4-2-8)7-11(15)12(10)13(16)18/h5-7,17H,1-4H2,(H2,16,18). The van der Waals surface area contributed by atoms with Gasteiger partial charge in [-0.3, -0.25) is 4.79 Å². The number of primary amides is 1. The van der Waals surface area contributed by atoms with Gasteiger partial charge in [0.2, 0.25) is 0 Å². The molecule has 0 aliphatic carbocycles. The number of hydrogen-bond donors (Lipinski definition) is 2. The second-order valence-corrected chi connectivity index (χ2v) is 4.28. The highest BCUT2D eigenvalue weighted by Crippen LogP contribution is 2.20. The van der Waals surface area contributed by atoms with E-state index in [9.17, 15) is 13.6 Å². The SMILES string of the molecule is NC(=O)c1c(F)cc(C=C2CCNCC2)cc1F. The van der Waals surface area contributed by atoms with Gasteiger partial charge in [0.25, 0.3) is 5.91 Å². The second kappa shape index (κ2) is 5.27. The zero-order valence-corrected chi connectivity index (χ0v) is 9.80. The fourth-order valence-corrected chi connectivity index (χ4v) is 2.04. The number of halogens is 2. The first-order valence-corrected chi connectivity index (χ1v) is 5.77. The average Bonchev–Trinajstić information content (AvgIpc) is 2.28. The Morgan fingerprint density at radius 3 is 2.28 bits per heavy atom. The van der Waals surface area contributed by atoms with Crippen molar-refractivity contribution in [2.45, 2.75) is 12.8 Å². The molecule has 2 rings (SSSR count). The summed E-state index contributed by atoms with van der Waals surface area (Å²) in [5.41, 5.74) is 5.79. The van der Waals surface area contributed by atoms with Crippen molar-refractivity contribution < 1.29 is 13.6 Å². The molecule has 1 aromatic carbocycles. The lowest BCUT2D eigenvalue weighted by Gasteiger charge is -2.15. The first-order chi connectivity index (χ1) is 8.58. The molecule has 0 atom stereocenters. The predicted molar refractivity (Wildman–Crippen MR) is 65.0 cm³/mol. The Labute approximate surface area is 104 Å². The molecule has 0 saturated carbocycles. The number of hydrogen-bond acceptors (Lipinski definition) is 2. The van der Waals surface area contributed by atoms with Crippen LogP contribution in [0.2, 0.25) is 0 Å². The van der Waals surface area contributed by atoms with Gasteiger partial charge in [-0.05, 0) is 43.6 Å². The molecular formula is C13H14F2N2O. The summed E-state index contributed by atoms with van der Waals surface area (Å²) in [5.74, 6) is -2.92. The lowest BCUT2D eigenvalue weighted by atomic mass is 10.0. The van der Waals surface area contributed by atoms with E-state index in [1.807, 2.05) is 0 Å². The minimum absolute atomic E-state index is 0.423. The van der Waals surface area contributed by atoms with Crippen molar-refractivity contribution in [1.29, 1.82) is 0 Å². The lowest BCUT2D eigenvalue weighted by Crippen LogP contribution is -2.23. The van der Waals surface area contributed by atoms with E-state index in [0.717, 1.165) is 43.6 Å². The summed E-state index contributed by atoms with van der Waals surface area (Å²) in [6, 6.07) is 2.27.